The Bertz CT molecular complexity index is 1320. The third-order valence-electron chi connectivity index (χ3n) is 6.00. The molecule has 7 nitrogen and oxygen atoms in total. The van der Waals surface area contributed by atoms with Gasteiger partial charge in [0.1, 0.15) is 11.5 Å². The summed E-state index contributed by atoms with van der Waals surface area (Å²) >= 11 is 0. The van der Waals surface area contributed by atoms with Crippen LogP contribution >= 0.6 is 0 Å². The molecule has 0 radical (unpaired) electrons. The number of pyridine rings is 1. The Labute approximate surface area is 185 Å². The first-order chi connectivity index (χ1) is 15.5. The van der Waals surface area contributed by atoms with E-state index < -0.39 is 0 Å². The summed E-state index contributed by atoms with van der Waals surface area (Å²) in [6.45, 7) is 6.69. The van der Waals surface area contributed by atoms with Crippen LogP contribution in [0.5, 0.6) is 0 Å². The zero-order valence-corrected chi connectivity index (χ0v) is 18.3. The number of halogens is 1. The average molecular weight is 433 g/mol. The minimum atomic E-state index is -0.390. The molecule has 1 N–H and O–H groups in total. The van der Waals surface area contributed by atoms with Crippen molar-refractivity contribution in [3.8, 4) is 5.69 Å². The molecular formula is C24H25FN6O. The first kappa shape index (κ1) is 20.4. The topological polar surface area (TPSA) is 77.6 Å². The van der Waals surface area contributed by atoms with Gasteiger partial charge < -0.3 is 5.32 Å². The molecule has 1 amide bonds. The molecule has 1 aliphatic rings. The molecule has 1 aliphatic carbocycles. The number of benzene rings is 1. The van der Waals surface area contributed by atoms with Gasteiger partial charge in [0.05, 0.1) is 28.9 Å². The van der Waals surface area contributed by atoms with Crippen molar-refractivity contribution in [2.75, 3.05) is 0 Å². The van der Waals surface area contributed by atoms with Crippen molar-refractivity contribution in [2.45, 2.75) is 52.1 Å². The van der Waals surface area contributed by atoms with Crippen molar-refractivity contribution in [1.82, 2.24) is 29.9 Å². The van der Waals surface area contributed by atoms with E-state index in [1.54, 1.807) is 24.4 Å². The highest BCUT2D eigenvalue weighted by molar-refractivity contribution is 6.06. The number of nitrogens with one attached hydrogen (secondary N) is 1. The van der Waals surface area contributed by atoms with Gasteiger partial charge in [0.15, 0.2) is 5.65 Å². The van der Waals surface area contributed by atoms with Gasteiger partial charge >= 0.3 is 0 Å². The molecule has 0 unspecified atom stereocenters. The van der Waals surface area contributed by atoms with Gasteiger partial charge in [0.2, 0.25) is 0 Å². The standard InChI is InChI=1S/C24H25FN6O/c1-4-30-13-19(15(3)29-30)14(2)27-24(32)17-11-21(16-9-10-16)28-23-18(17)12-26-31(23)22-8-6-5-7-20(22)25/h5-8,11-14,16H,4,9-10H2,1-3H3,(H,27,32)/t14-/m1/s1. The van der Waals surface area contributed by atoms with Crippen molar-refractivity contribution < 1.29 is 9.18 Å². The van der Waals surface area contributed by atoms with E-state index in [-0.39, 0.29) is 17.8 Å². The minimum Gasteiger partial charge on any atom is -0.345 e. The van der Waals surface area contributed by atoms with Crippen LogP contribution in [0, 0.1) is 12.7 Å². The number of carbonyl (C=O) groups is 1. The normalized spacial score (nSPS) is 14.6. The van der Waals surface area contributed by atoms with Crippen LogP contribution in [-0.2, 0) is 6.54 Å². The second kappa shape index (κ2) is 7.85. The molecule has 1 aromatic carbocycles. The number of rotatable bonds is 6. The Morgan fingerprint density at radius 2 is 2.09 bits per heavy atom. The molecular weight excluding hydrogens is 407 g/mol. The molecule has 0 aliphatic heterocycles. The summed E-state index contributed by atoms with van der Waals surface area (Å²) in [7, 11) is 0. The maximum Gasteiger partial charge on any atom is 0.252 e. The molecule has 164 valence electrons. The van der Waals surface area contributed by atoms with Crippen LogP contribution in [0.3, 0.4) is 0 Å². The molecule has 0 bridgehead atoms. The van der Waals surface area contributed by atoms with E-state index in [4.69, 9.17) is 4.98 Å². The Hall–Kier alpha value is -3.55. The van der Waals surface area contributed by atoms with Gasteiger partial charge in [-0.3, -0.25) is 9.48 Å². The van der Waals surface area contributed by atoms with E-state index in [2.05, 4.69) is 15.5 Å². The van der Waals surface area contributed by atoms with E-state index in [1.807, 2.05) is 37.7 Å². The zero-order valence-electron chi connectivity index (χ0n) is 18.3. The fourth-order valence-electron chi connectivity index (χ4n) is 4.07. The lowest BCUT2D eigenvalue weighted by molar-refractivity contribution is 0.0941. The quantitative estimate of drug-likeness (QED) is 0.488. The molecule has 3 heterocycles. The average Bonchev–Trinajstić information content (AvgIpc) is 3.44. The second-order valence-electron chi connectivity index (χ2n) is 8.33. The first-order valence-corrected chi connectivity index (χ1v) is 10.9. The van der Waals surface area contributed by atoms with E-state index in [0.717, 1.165) is 36.3 Å². The number of carbonyl (C=O) groups excluding carboxylic acids is 1. The number of hydrogen-bond acceptors (Lipinski definition) is 4. The van der Waals surface area contributed by atoms with Crippen LogP contribution in [0.25, 0.3) is 16.7 Å². The summed E-state index contributed by atoms with van der Waals surface area (Å²) in [4.78, 5) is 18.1. The number of nitrogens with zero attached hydrogens (tertiary/aromatic N) is 5. The Balaban J connectivity index is 1.55. The van der Waals surface area contributed by atoms with Gasteiger partial charge in [-0.25, -0.2) is 14.1 Å². The van der Waals surface area contributed by atoms with Crippen LogP contribution in [0.2, 0.25) is 0 Å². The summed E-state index contributed by atoms with van der Waals surface area (Å²) in [6, 6.07) is 8.08. The Morgan fingerprint density at radius 3 is 2.78 bits per heavy atom. The van der Waals surface area contributed by atoms with Gasteiger partial charge in [0, 0.05) is 29.9 Å². The molecule has 32 heavy (non-hydrogen) atoms. The Morgan fingerprint density at radius 1 is 1.31 bits per heavy atom. The summed E-state index contributed by atoms with van der Waals surface area (Å²) in [5, 5.41) is 12.6. The van der Waals surface area contributed by atoms with E-state index in [0.29, 0.717) is 28.2 Å². The summed E-state index contributed by atoms with van der Waals surface area (Å²) in [5.41, 5.74) is 4.04. The molecule has 1 fully saturated rings. The highest BCUT2D eigenvalue weighted by Crippen LogP contribution is 2.40. The third kappa shape index (κ3) is 3.55. The summed E-state index contributed by atoms with van der Waals surface area (Å²) < 4.78 is 17.8. The monoisotopic (exact) mass is 432 g/mol. The third-order valence-corrected chi connectivity index (χ3v) is 6.00. The molecule has 1 saturated carbocycles. The van der Waals surface area contributed by atoms with Gasteiger partial charge in [-0.15, -0.1) is 0 Å². The molecule has 8 heteroatoms. The smallest absolute Gasteiger partial charge is 0.252 e. The molecule has 3 aromatic heterocycles. The number of hydrogen-bond donors (Lipinski definition) is 1. The van der Waals surface area contributed by atoms with Gasteiger partial charge in [0.25, 0.3) is 5.91 Å². The number of aromatic nitrogens is 5. The maximum atomic E-state index is 14.5. The SMILES string of the molecule is CCn1cc([C@@H](C)NC(=O)c2cc(C3CC3)nc3c2cnn3-c2ccccc2F)c(C)n1. The number of fused-ring (bicyclic) bond motifs is 1. The van der Waals surface area contributed by atoms with Crippen LogP contribution < -0.4 is 5.32 Å². The number of para-hydroxylation sites is 1. The fourth-order valence-corrected chi connectivity index (χ4v) is 4.07. The van der Waals surface area contributed by atoms with Crippen molar-refractivity contribution in [3.05, 3.63) is 71.1 Å². The van der Waals surface area contributed by atoms with Crippen LogP contribution in [0.1, 0.15) is 66.0 Å². The second-order valence-corrected chi connectivity index (χ2v) is 8.33. The lowest BCUT2D eigenvalue weighted by atomic mass is 10.1. The van der Waals surface area contributed by atoms with Gasteiger partial charge in [-0.2, -0.15) is 10.2 Å². The van der Waals surface area contributed by atoms with Crippen LogP contribution in [0.4, 0.5) is 4.39 Å². The maximum absolute atomic E-state index is 14.5. The zero-order chi connectivity index (χ0) is 22.4. The van der Waals surface area contributed by atoms with Crippen molar-refractivity contribution in [2.24, 2.45) is 0 Å². The van der Waals surface area contributed by atoms with Gasteiger partial charge in [-0.05, 0) is 51.8 Å². The first-order valence-electron chi connectivity index (χ1n) is 10.9. The van der Waals surface area contributed by atoms with Crippen molar-refractivity contribution in [1.29, 1.82) is 0 Å². The number of aryl methyl sites for hydroxylation is 2. The molecule has 0 saturated heterocycles. The largest absolute Gasteiger partial charge is 0.345 e. The molecule has 1 atom stereocenters. The van der Waals surface area contributed by atoms with Crippen molar-refractivity contribution in [3.63, 3.8) is 0 Å². The minimum absolute atomic E-state index is 0.205. The predicted molar refractivity (Wildman–Crippen MR) is 119 cm³/mol. The lowest BCUT2D eigenvalue weighted by Gasteiger charge is -2.14. The lowest BCUT2D eigenvalue weighted by Crippen LogP contribution is -2.27. The summed E-state index contributed by atoms with van der Waals surface area (Å²) in [6.07, 6.45) is 5.64. The summed E-state index contributed by atoms with van der Waals surface area (Å²) in [5.74, 6) is -0.264. The highest BCUT2D eigenvalue weighted by Gasteiger charge is 2.29. The van der Waals surface area contributed by atoms with Gasteiger partial charge in [-0.1, -0.05) is 12.1 Å². The van der Waals surface area contributed by atoms with E-state index in [1.165, 1.54) is 10.7 Å². The fraction of sp³-hybridized carbons (Fsp3) is 0.333. The van der Waals surface area contributed by atoms with E-state index in [9.17, 15) is 9.18 Å². The molecule has 0 spiro atoms. The van der Waals surface area contributed by atoms with Crippen LogP contribution in [0.15, 0.2) is 42.7 Å². The molecule has 5 rings (SSSR count). The molecule has 4 aromatic rings. The van der Waals surface area contributed by atoms with Crippen molar-refractivity contribution >= 4 is 16.9 Å². The Kier molecular flexibility index (Phi) is 5.00. The number of amides is 1. The van der Waals surface area contributed by atoms with E-state index >= 15 is 0 Å². The highest BCUT2D eigenvalue weighted by atomic mass is 19.1. The van der Waals surface area contributed by atoms with Crippen LogP contribution in [-0.4, -0.2) is 30.5 Å². The predicted octanol–water partition coefficient (Wildman–Crippen LogP) is 4.45.